The van der Waals surface area contributed by atoms with Crippen LogP contribution in [0.1, 0.15) is 32.4 Å². The van der Waals surface area contributed by atoms with Crippen molar-refractivity contribution in [3.8, 4) is 0 Å². The van der Waals surface area contributed by atoms with Crippen molar-refractivity contribution in [2.45, 2.75) is 6.17 Å². The van der Waals surface area contributed by atoms with E-state index >= 15 is 0 Å². The maximum absolute atomic E-state index is 13.3. The molecular weight excluding hydrogens is 404 g/mol. The predicted molar refractivity (Wildman–Crippen MR) is 111 cm³/mol. The molecule has 0 saturated carbocycles. The fraction of sp³-hybridized carbons (Fsp3) is 0.0909. The largest absolute Gasteiger partial charge is 0.309 e. The number of nitrogens with one attached hydrogen (secondary N) is 1. The topological polar surface area (TPSA) is 82.6 Å². The molecule has 7 nitrogen and oxygen atoms in total. The summed E-state index contributed by atoms with van der Waals surface area (Å²) in [6.07, 6.45) is 0.743. The molecular formula is C22H15ClN4O3. The maximum Gasteiger partial charge on any atom is 0.260 e. The third kappa shape index (κ3) is 2.83. The van der Waals surface area contributed by atoms with Gasteiger partial charge in [-0.05, 0) is 30.3 Å². The highest BCUT2D eigenvalue weighted by molar-refractivity contribution is 6.30. The Kier molecular flexibility index (Phi) is 4.25. The number of nitrogens with zero attached hydrogens (tertiary/aromatic N) is 3. The van der Waals surface area contributed by atoms with E-state index in [4.69, 9.17) is 11.6 Å². The van der Waals surface area contributed by atoms with Crippen LogP contribution in [-0.4, -0.2) is 34.2 Å². The smallest absolute Gasteiger partial charge is 0.260 e. The van der Waals surface area contributed by atoms with Gasteiger partial charge >= 0.3 is 0 Å². The molecule has 3 amide bonds. The summed E-state index contributed by atoms with van der Waals surface area (Å²) in [6, 6.07) is 17.3. The number of rotatable bonds is 3. The van der Waals surface area contributed by atoms with Crippen LogP contribution >= 0.6 is 11.6 Å². The molecule has 0 spiro atoms. The fourth-order valence-corrected chi connectivity index (χ4v) is 4.03. The summed E-state index contributed by atoms with van der Waals surface area (Å²) in [4.78, 5) is 46.2. The van der Waals surface area contributed by atoms with Gasteiger partial charge in [-0.25, -0.2) is 4.98 Å². The van der Waals surface area contributed by atoms with E-state index < -0.39 is 12.1 Å². The van der Waals surface area contributed by atoms with Crippen LogP contribution < -0.4 is 10.2 Å². The molecule has 2 aliphatic rings. The zero-order chi connectivity index (χ0) is 20.8. The Bertz CT molecular complexity index is 1190. The Morgan fingerprint density at radius 3 is 2.47 bits per heavy atom. The Morgan fingerprint density at radius 2 is 1.70 bits per heavy atom. The van der Waals surface area contributed by atoms with E-state index in [9.17, 15) is 14.4 Å². The highest BCUT2D eigenvalue weighted by Crippen LogP contribution is 2.44. The van der Waals surface area contributed by atoms with Gasteiger partial charge in [0.05, 0.1) is 16.3 Å². The number of pyridine rings is 1. The molecule has 3 aromatic rings. The number of halogens is 1. The van der Waals surface area contributed by atoms with Gasteiger partial charge in [0.15, 0.2) is 0 Å². The highest BCUT2D eigenvalue weighted by atomic mass is 35.5. The van der Waals surface area contributed by atoms with Gasteiger partial charge in [0.1, 0.15) is 18.5 Å². The van der Waals surface area contributed by atoms with Crippen LogP contribution in [-0.2, 0) is 4.79 Å². The molecule has 30 heavy (non-hydrogen) atoms. The van der Waals surface area contributed by atoms with Crippen LogP contribution in [0.5, 0.6) is 0 Å². The van der Waals surface area contributed by atoms with Crippen molar-refractivity contribution in [3.63, 3.8) is 0 Å². The van der Waals surface area contributed by atoms with Crippen LogP contribution in [0.4, 0.5) is 11.5 Å². The summed E-state index contributed by atoms with van der Waals surface area (Å²) in [5.41, 5.74) is 2.15. The summed E-state index contributed by atoms with van der Waals surface area (Å²) < 4.78 is 0. The second kappa shape index (κ2) is 6.96. The molecule has 1 N–H and O–H groups in total. The van der Waals surface area contributed by atoms with E-state index in [0.717, 1.165) is 0 Å². The first-order valence-electron chi connectivity index (χ1n) is 9.28. The monoisotopic (exact) mass is 418 g/mol. The van der Waals surface area contributed by atoms with Gasteiger partial charge in [-0.15, -0.1) is 0 Å². The number of para-hydroxylation sites is 1. The van der Waals surface area contributed by atoms with E-state index in [2.05, 4.69) is 10.3 Å². The number of aromatic nitrogens is 1. The molecule has 3 heterocycles. The Balaban J connectivity index is 1.52. The summed E-state index contributed by atoms with van der Waals surface area (Å²) in [5, 5.41) is 3.12. The molecule has 0 fully saturated rings. The van der Waals surface area contributed by atoms with Crippen LogP contribution in [0.25, 0.3) is 0 Å². The lowest BCUT2D eigenvalue weighted by Crippen LogP contribution is -2.50. The van der Waals surface area contributed by atoms with Crippen molar-refractivity contribution >= 4 is 40.8 Å². The first-order valence-corrected chi connectivity index (χ1v) is 9.66. The lowest BCUT2D eigenvalue weighted by Gasteiger charge is -2.40. The van der Waals surface area contributed by atoms with Crippen LogP contribution in [0.15, 0.2) is 66.9 Å². The standard InChI is InChI=1S/C22H15ClN4O3/c23-13-9-10-18(24-11-13)25-19(28)12-26-20-14-5-1-2-6-15(14)22(30)27(20)17-8-4-3-7-16(17)21(26)29/h1-11,20H,12H2,(H,24,25,28)/t20-/m0/s1. The molecule has 8 heteroatoms. The number of anilines is 2. The van der Waals surface area contributed by atoms with E-state index in [1.807, 2.05) is 12.1 Å². The van der Waals surface area contributed by atoms with Gasteiger partial charge < -0.3 is 10.2 Å². The van der Waals surface area contributed by atoms with Gasteiger partial charge in [0.25, 0.3) is 11.8 Å². The minimum atomic E-state index is -0.681. The number of fused-ring (bicyclic) bond motifs is 5. The molecule has 5 rings (SSSR count). The molecule has 148 valence electrons. The lowest BCUT2D eigenvalue weighted by atomic mass is 10.0. The molecule has 0 saturated heterocycles. The third-order valence-corrected chi connectivity index (χ3v) is 5.42. The van der Waals surface area contributed by atoms with Crippen molar-refractivity contribution in [3.05, 3.63) is 88.6 Å². The van der Waals surface area contributed by atoms with Crippen molar-refractivity contribution in [1.29, 1.82) is 0 Å². The van der Waals surface area contributed by atoms with Gasteiger partial charge in [-0.1, -0.05) is 41.9 Å². The maximum atomic E-state index is 13.3. The minimum absolute atomic E-state index is 0.194. The number of hydrogen-bond acceptors (Lipinski definition) is 4. The van der Waals surface area contributed by atoms with Crippen molar-refractivity contribution in [2.75, 3.05) is 16.8 Å². The molecule has 2 aliphatic heterocycles. The molecule has 0 radical (unpaired) electrons. The van der Waals surface area contributed by atoms with Gasteiger partial charge in [0, 0.05) is 17.3 Å². The Hall–Kier alpha value is -3.71. The molecule has 1 aromatic heterocycles. The third-order valence-electron chi connectivity index (χ3n) is 5.19. The van der Waals surface area contributed by atoms with Crippen molar-refractivity contribution in [1.82, 2.24) is 9.88 Å². The van der Waals surface area contributed by atoms with Crippen LogP contribution in [0.2, 0.25) is 5.02 Å². The van der Waals surface area contributed by atoms with Crippen molar-refractivity contribution < 1.29 is 14.4 Å². The number of carbonyl (C=O) groups is 3. The highest BCUT2D eigenvalue weighted by Gasteiger charge is 2.48. The minimum Gasteiger partial charge on any atom is -0.309 e. The SMILES string of the molecule is O=C(CN1C(=O)c2ccccc2N2C(=O)c3ccccc3[C@@H]12)Nc1ccc(Cl)cn1. The average molecular weight is 419 g/mol. The number of benzene rings is 2. The predicted octanol–water partition coefficient (Wildman–Crippen LogP) is 3.49. The summed E-state index contributed by atoms with van der Waals surface area (Å²) >= 11 is 5.83. The van der Waals surface area contributed by atoms with Crippen molar-refractivity contribution in [2.24, 2.45) is 0 Å². The second-order valence-electron chi connectivity index (χ2n) is 7.00. The lowest BCUT2D eigenvalue weighted by molar-refractivity contribution is -0.117. The van der Waals surface area contributed by atoms with E-state index in [0.29, 0.717) is 33.2 Å². The second-order valence-corrected chi connectivity index (χ2v) is 7.43. The normalized spacial score (nSPS) is 16.8. The summed E-state index contributed by atoms with van der Waals surface area (Å²) in [7, 11) is 0. The first-order chi connectivity index (χ1) is 14.5. The van der Waals surface area contributed by atoms with Crippen LogP contribution in [0, 0.1) is 0 Å². The number of carbonyl (C=O) groups excluding carboxylic acids is 3. The number of amides is 3. The van der Waals surface area contributed by atoms with Gasteiger partial charge in [0.2, 0.25) is 5.91 Å². The quantitative estimate of drug-likeness (QED) is 0.705. The average Bonchev–Trinajstić information content (AvgIpc) is 3.06. The Morgan fingerprint density at radius 1 is 0.967 bits per heavy atom. The van der Waals surface area contributed by atoms with E-state index in [1.165, 1.54) is 11.1 Å². The van der Waals surface area contributed by atoms with Gasteiger partial charge in [-0.3, -0.25) is 19.3 Å². The molecule has 0 unspecified atom stereocenters. The zero-order valence-corrected chi connectivity index (χ0v) is 16.3. The van der Waals surface area contributed by atoms with E-state index in [-0.39, 0.29) is 18.4 Å². The summed E-state index contributed by atoms with van der Waals surface area (Å²) in [5.74, 6) is -0.598. The Labute approximate surface area is 176 Å². The van der Waals surface area contributed by atoms with Gasteiger partial charge in [-0.2, -0.15) is 0 Å². The molecule has 0 bridgehead atoms. The number of hydrogen-bond donors (Lipinski definition) is 1. The van der Waals surface area contributed by atoms with E-state index in [1.54, 1.807) is 53.4 Å². The first kappa shape index (κ1) is 18.3. The summed E-state index contributed by atoms with van der Waals surface area (Å²) in [6.45, 7) is -0.236. The van der Waals surface area contributed by atoms with Crippen LogP contribution in [0.3, 0.4) is 0 Å². The zero-order valence-electron chi connectivity index (χ0n) is 15.6. The fourth-order valence-electron chi connectivity index (χ4n) is 3.92. The molecule has 0 aliphatic carbocycles. The molecule has 1 atom stereocenters. The molecule has 2 aromatic carbocycles.